The molecule has 1 amide bonds. The van der Waals surface area contributed by atoms with Gasteiger partial charge in [0.05, 0.1) is 17.0 Å². The van der Waals surface area contributed by atoms with Crippen LogP contribution in [0.3, 0.4) is 0 Å². The zero-order valence-electron chi connectivity index (χ0n) is 12.2. The number of amides is 1. The number of carbonyl (C=O) groups is 1. The second-order valence-electron chi connectivity index (χ2n) is 6.19. The van der Waals surface area contributed by atoms with E-state index in [-0.39, 0.29) is 42.1 Å². The number of rotatable bonds is 1. The molecule has 1 fully saturated rings. The summed E-state index contributed by atoms with van der Waals surface area (Å²) in [7, 11) is -3.07. The van der Waals surface area contributed by atoms with E-state index < -0.39 is 21.1 Å². The van der Waals surface area contributed by atoms with Gasteiger partial charge >= 0.3 is 0 Å². The minimum atomic E-state index is -3.07. The van der Waals surface area contributed by atoms with E-state index in [1.165, 1.54) is 0 Å². The summed E-state index contributed by atoms with van der Waals surface area (Å²) in [5, 5.41) is -0.526. The number of nitrogens with two attached hydrogens (primary N) is 1. The lowest BCUT2D eigenvalue weighted by atomic mass is 9.86. The summed E-state index contributed by atoms with van der Waals surface area (Å²) in [5.41, 5.74) is 5.64. The molecule has 0 radical (unpaired) electrons. The van der Waals surface area contributed by atoms with Crippen LogP contribution in [0, 0.1) is 5.41 Å². The first-order valence-corrected chi connectivity index (χ1v) is 7.97. The lowest BCUT2D eigenvalue weighted by molar-refractivity contribution is -0.136. The molecule has 0 saturated carbocycles. The summed E-state index contributed by atoms with van der Waals surface area (Å²) in [4.78, 5) is 13.9. The van der Waals surface area contributed by atoms with Crippen molar-refractivity contribution in [2.75, 3.05) is 12.3 Å². The normalized spacial score (nSPS) is 28.4. The fourth-order valence-corrected chi connectivity index (χ4v) is 3.60. The number of carbonyl (C=O) groups excluding carboxylic acids is 1. The average molecular weight is 313 g/mol. The van der Waals surface area contributed by atoms with E-state index in [1.54, 1.807) is 18.7 Å². The Morgan fingerprint density at radius 2 is 1.79 bits per heavy atom. The van der Waals surface area contributed by atoms with Crippen molar-refractivity contribution >= 4 is 28.2 Å². The van der Waals surface area contributed by atoms with Crippen LogP contribution in [0.2, 0.25) is 0 Å². The maximum absolute atomic E-state index is 12.3. The highest BCUT2D eigenvalue weighted by Crippen LogP contribution is 2.24. The molecule has 2 unspecified atom stereocenters. The second kappa shape index (κ2) is 5.97. The van der Waals surface area contributed by atoms with Gasteiger partial charge in [-0.2, -0.15) is 0 Å². The fraction of sp³-hybridized carbons (Fsp3) is 0.917. The summed E-state index contributed by atoms with van der Waals surface area (Å²) in [5.74, 6) is -0.127. The minimum Gasteiger partial charge on any atom is -0.336 e. The van der Waals surface area contributed by atoms with Crippen LogP contribution in [0.4, 0.5) is 0 Å². The third-order valence-corrected chi connectivity index (χ3v) is 6.11. The summed E-state index contributed by atoms with van der Waals surface area (Å²) in [6.45, 7) is 9.40. The van der Waals surface area contributed by atoms with Gasteiger partial charge in [-0.25, -0.2) is 8.42 Å². The van der Waals surface area contributed by atoms with Crippen molar-refractivity contribution in [3.8, 4) is 0 Å². The lowest BCUT2D eigenvalue weighted by Crippen LogP contribution is -2.60. The van der Waals surface area contributed by atoms with E-state index in [0.29, 0.717) is 0 Å². The van der Waals surface area contributed by atoms with Crippen molar-refractivity contribution < 1.29 is 13.2 Å². The number of nitrogens with zero attached hydrogens (tertiary/aromatic N) is 1. The number of hydrogen-bond acceptors (Lipinski definition) is 4. The average Bonchev–Trinajstić information content (AvgIpc) is 2.23. The first-order valence-electron chi connectivity index (χ1n) is 6.26. The van der Waals surface area contributed by atoms with E-state index >= 15 is 0 Å². The van der Waals surface area contributed by atoms with Gasteiger partial charge in [0, 0.05) is 12.6 Å². The van der Waals surface area contributed by atoms with Crippen molar-refractivity contribution in [2.24, 2.45) is 11.1 Å². The minimum absolute atomic E-state index is 0. The molecule has 2 N–H and O–H groups in total. The monoisotopic (exact) mass is 312 g/mol. The Labute approximate surface area is 122 Å². The second-order valence-corrected chi connectivity index (χ2v) is 8.67. The lowest BCUT2D eigenvalue weighted by Gasteiger charge is -2.40. The van der Waals surface area contributed by atoms with E-state index in [9.17, 15) is 13.2 Å². The molecule has 0 bridgehead atoms. The van der Waals surface area contributed by atoms with Crippen molar-refractivity contribution in [1.29, 1.82) is 0 Å². The molecule has 1 rings (SSSR count). The quantitative estimate of drug-likeness (QED) is 0.777. The van der Waals surface area contributed by atoms with Crippen LogP contribution in [0.25, 0.3) is 0 Å². The maximum Gasteiger partial charge on any atom is 0.240 e. The highest BCUT2D eigenvalue weighted by atomic mass is 35.5. The third kappa shape index (κ3) is 3.83. The predicted octanol–water partition coefficient (Wildman–Crippen LogP) is 0.816. The van der Waals surface area contributed by atoms with Crippen LogP contribution in [-0.2, 0) is 14.6 Å². The molecular weight excluding hydrogens is 288 g/mol. The van der Waals surface area contributed by atoms with Crippen LogP contribution in [0.1, 0.15) is 34.6 Å². The van der Waals surface area contributed by atoms with Gasteiger partial charge in [-0.1, -0.05) is 20.8 Å². The van der Waals surface area contributed by atoms with Crippen LogP contribution in [-0.4, -0.2) is 48.9 Å². The van der Waals surface area contributed by atoms with Gasteiger partial charge in [-0.3, -0.25) is 4.79 Å². The molecule has 7 heteroatoms. The Morgan fingerprint density at radius 1 is 1.32 bits per heavy atom. The molecule has 0 spiro atoms. The Hall–Kier alpha value is -0.330. The van der Waals surface area contributed by atoms with Gasteiger partial charge in [0.15, 0.2) is 9.84 Å². The molecule has 0 aromatic carbocycles. The van der Waals surface area contributed by atoms with Crippen molar-refractivity contribution in [3.63, 3.8) is 0 Å². The molecule has 114 valence electrons. The number of halogens is 1. The molecule has 0 aromatic heterocycles. The van der Waals surface area contributed by atoms with E-state index in [0.717, 1.165) is 0 Å². The van der Waals surface area contributed by atoms with Gasteiger partial charge in [0.1, 0.15) is 0 Å². The Bertz CT molecular complexity index is 431. The zero-order chi connectivity index (χ0) is 14.3. The molecule has 1 aliphatic rings. The first-order chi connectivity index (χ1) is 7.98. The molecule has 1 saturated heterocycles. The van der Waals surface area contributed by atoms with E-state index in [1.807, 2.05) is 20.8 Å². The standard InChI is InChI=1S/C12H24N2O3S.ClH/c1-8-9(2)18(16,17)7-6-14(8)11(15)10(13)12(3,4)5;/h8-10H,6-7,13H2,1-5H3;1H/t8?,9?,10-;/m1./s1. The van der Waals surface area contributed by atoms with E-state index in [4.69, 9.17) is 5.73 Å². The number of sulfone groups is 1. The smallest absolute Gasteiger partial charge is 0.240 e. The molecule has 0 aliphatic carbocycles. The van der Waals surface area contributed by atoms with Crippen molar-refractivity contribution in [3.05, 3.63) is 0 Å². The van der Waals surface area contributed by atoms with Crippen molar-refractivity contribution in [1.82, 2.24) is 4.90 Å². The SMILES string of the molecule is CC1C(C)S(=O)(=O)CCN1C(=O)[C@@H](N)C(C)(C)C.Cl. The summed E-state index contributed by atoms with van der Waals surface area (Å²) < 4.78 is 23.5. The Balaban J connectivity index is 0.00000324. The van der Waals surface area contributed by atoms with E-state index in [2.05, 4.69) is 0 Å². The molecule has 1 heterocycles. The Morgan fingerprint density at radius 3 is 2.21 bits per heavy atom. The molecule has 3 atom stereocenters. The predicted molar refractivity (Wildman–Crippen MR) is 79.1 cm³/mol. The maximum atomic E-state index is 12.3. The zero-order valence-corrected chi connectivity index (χ0v) is 13.8. The Kier molecular flexibility index (Phi) is 5.87. The highest BCUT2D eigenvalue weighted by Gasteiger charge is 2.41. The van der Waals surface area contributed by atoms with Gasteiger partial charge in [-0.15, -0.1) is 12.4 Å². The summed E-state index contributed by atoms with van der Waals surface area (Å²) in [6.07, 6.45) is 0. The van der Waals surface area contributed by atoms with Crippen molar-refractivity contribution in [2.45, 2.75) is 52.0 Å². The molecule has 0 aromatic rings. The topological polar surface area (TPSA) is 80.5 Å². The van der Waals surface area contributed by atoms with Crippen LogP contribution < -0.4 is 5.73 Å². The van der Waals surface area contributed by atoms with Gasteiger partial charge in [0.2, 0.25) is 5.91 Å². The summed E-state index contributed by atoms with van der Waals surface area (Å²) in [6, 6.07) is -0.919. The van der Waals surface area contributed by atoms with Crippen LogP contribution in [0.15, 0.2) is 0 Å². The number of hydrogen-bond donors (Lipinski definition) is 1. The van der Waals surface area contributed by atoms with Crippen LogP contribution in [0.5, 0.6) is 0 Å². The van der Waals surface area contributed by atoms with Crippen LogP contribution >= 0.6 is 12.4 Å². The first kappa shape index (κ1) is 18.7. The molecular formula is C12H25ClN2O3S. The molecule has 5 nitrogen and oxygen atoms in total. The molecule has 19 heavy (non-hydrogen) atoms. The molecule has 1 aliphatic heterocycles. The third-order valence-electron chi connectivity index (χ3n) is 3.84. The summed E-state index contributed by atoms with van der Waals surface area (Å²) >= 11 is 0. The van der Waals surface area contributed by atoms with Gasteiger partial charge < -0.3 is 10.6 Å². The highest BCUT2D eigenvalue weighted by molar-refractivity contribution is 7.92. The largest absolute Gasteiger partial charge is 0.336 e. The fourth-order valence-electron chi connectivity index (χ4n) is 2.03. The van der Waals surface area contributed by atoms with Gasteiger partial charge in [0.25, 0.3) is 0 Å². The van der Waals surface area contributed by atoms with Gasteiger partial charge in [-0.05, 0) is 19.3 Å².